The number of nitrogens with one attached hydrogen (secondary N) is 3. The number of nitrogens with zero attached hydrogens (tertiary/aromatic N) is 3. The van der Waals surface area contributed by atoms with E-state index >= 15 is 0 Å². The highest BCUT2D eigenvalue weighted by molar-refractivity contribution is 7.15. The average Bonchev–Trinajstić information content (AvgIpc) is 3.30. The van der Waals surface area contributed by atoms with Crippen molar-refractivity contribution in [1.82, 2.24) is 20.1 Å². The Bertz CT molecular complexity index is 1510. The number of carbonyl (C=O) groups excluding carboxylic acids is 2. The Morgan fingerprint density at radius 3 is 1.80 bits per heavy atom. The minimum atomic E-state index is -1.25. The zero-order chi connectivity index (χ0) is 34.4. The molecule has 12 nitrogen and oxygen atoms in total. The van der Waals surface area contributed by atoms with Crippen LogP contribution in [0.4, 0.5) is 20.4 Å². The highest BCUT2D eigenvalue weighted by Crippen LogP contribution is 2.29. The van der Waals surface area contributed by atoms with Crippen molar-refractivity contribution in [2.24, 2.45) is 0 Å². The van der Waals surface area contributed by atoms with Crippen LogP contribution in [0.5, 0.6) is 0 Å². The molecular formula is C33H44N6O6S. The quantitative estimate of drug-likeness (QED) is 0.155. The van der Waals surface area contributed by atoms with Crippen LogP contribution in [0.15, 0.2) is 48.5 Å². The molecule has 0 aliphatic heterocycles. The molecule has 1 heterocycles. The molecule has 248 valence electrons. The first-order valence-corrected chi connectivity index (χ1v) is 15.7. The highest BCUT2D eigenvalue weighted by atomic mass is 32.1. The van der Waals surface area contributed by atoms with Crippen molar-refractivity contribution in [1.29, 1.82) is 0 Å². The predicted molar refractivity (Wildman–Crippen MR) is 180 cm³/mol. The van der Waals surface area contributed by atoms with Crippen molar-refractivity contribution in [2.45, 2.75) is 85.1 Å². The van der Waals surface area contributed by atoms with Crippen molar-refractivity contribution in [2.75, 3.05) is 17.7 Å². The third kappa shape index (κ3) is 9.43. The van der Waals surface area contributed by atoms with Gasteiger partial charge in [0, 0.05) is 47.6 Å². The lowest BCUT2D eigenvalue weighted by atomic mass is 10.0. The minimum absolute atomic E-state index is 0.156. The van der Waals surface area contributed by atoms with E-state index in [0.29, 0.717) is 35.6 Å². The number of aromatic nitrogens is 1. The lowest BCUT2D eigenvalue weighted by Gasteiger charge is -2.48. The maximum Gasteiger partial charge on any atom is 0.410 e. The molecule has 46 heavy (non-hydrogen) atoms. The Hall–Kier alpha value is -4.65. The monoisotopic (exact) mass is 652 g/mol. The number of hydrogen-bond donors (Lipinski definition) is 5. The standard InChI is InChI=1S/C33H44N6O6S/c1-20(40)35-28-37-25(26(46-28)19-22-9-14-23(15-10-22)27(41)34-8)18-13-21-11-16-24(17-12-21)36-29(38(30(42)43)32(2,3)4)39(31(44)45)33(5,6)7/h9-12,14-17,29,36H,13,18-19H2,1-8H3,(H,34,41)(H,42,43)(H,44,45)(H,35,37,40). The van der Waals surface area contributed by atoms with Gasteiger partial charge in [0.2, 0.25) is 5.91 Å². The number of aryl methyl sites for hydroxylation is 2. The SMILES string of the molecule is CNC(=O)c1ccc(Cc2sc(NC(C)=O)nc2CCc2ccc(NC(N(C(=O)O)C(C)(C)C)N(C(=O)O)C(C)(C)C)cc2)cc1. The third-order valence-electron chi connectivity index (χ3n) is 7.12. The molecule has 13 heteroatoms. The maximum atomic E-state index is 12.4. The first kappa shape index (κ1) is 35.8. The fourth-order valence-electron chi connectivity index (χ4n) is 4.97. The molecule has 1 aromatic heterocycles. The van der Waals surface area contributed by atoms with Crippen LogP contribution in [-0.4, -0.2) is 73.4 Å². The van der Waals surface area contributed by atoms with E-state index in [1.54, 1.807) is 72.9 Å². The second kappa shape index (κ2) is 14.6. The molecule has 4 amide bonds. The molecule has 0 aliphatic carbocycles. The molecule has 0 saturated carbocycles. The van der Waals surface area contributed by atoms with Gasteiger partial charge in [-0.25, -0.2) is 14.6 Å². The number of benzene rings is 2. The zero-order valence-corrected chi connectivity index (χ0v) is 28.4. The molecule has 0 bridgehead atoms. The Kier molecular flexibility index (Phi) is 11.4. The van der Waals surface area contributed by atoms with Crippen molar-refractivity contribution in [3.05, 3.63) is 75.8 Å². The Morgan fingerprint density at radius 1 is 0.826 bits per heavy atom. The Balaban J connectivity index is 1.83. The summed E-state index contributed by atoms with van der Waals surface area (Å²) in [5.41, 5.74) is 2.17. The molecule has 0 unspecified atom stereocenters. The number of amides is 4. The molecule has 3 aromatic rings. The average molecular weight is 653 g/mol. The molecule has 2 aromatic carbocycles. The molecule has 0 aliphatic rings. The fraction of sp³-hybridized carbons (Fsp3) is 0.424. The van der Waals surface area contributed by atoms with Gasteiger partial charge in [0.1, 0.15) is 0 Å². The van der Waals surface area contributed by atoms with Crippen LogP contribution < -0.4 is 16.0 Å². The lowest BCUT2D eigenvalue weighted by molar-refractivity contribution is -0.114. The van der Waals surface area contributed by atoms with Gasteiger partial charge in [-0.15, -0.1) is 11.3 Å². The Morgan fingerprint density at radius 2 is 1.35 bits per heavy atom. The third-order valence-corrected chi connectivity index (χ3v) is 8.13. The topological polar surface area (TPSA) is 164 Å². The van der Waals surface area contributed by atoms with E-state index in [2.05, 4.69) is 20.9 Å². The maximum absolute atomic E-state index is 12.4. The number of thiazole rings is 1. The number of hydrogen-bond acceptors (Lipinski definition) is 7. The van der Waals surface area contributed by atoms with Crippen molar-refractivity contribution < 1.29 is 29.4 Å². The molecule has 3 rings (SSSR count). The van der Waals surface area contributed by atoms with E-state index in [4.69, 9.17) is 0 Å². The lowest BCUT2D eigenvalue weighted by Crippen LogP contribution is -2.66. The second-order valence-electron chi connectivity index (χ2n) is 12.9. The van der Waals surface area contributed by atoms with Gasteiger partial charge in [-0.3, -0.25) is 19.4 Å². The minimum Gasteiger partial charge on any atom is -0.465 e. The summed E-state index contributed by atoms with van der Waals surface area (Å²) in [6.45, 7) is 11.7. The first-order valence-electron chi connectivity index (χ1n) is 14.9. The van der Waals surface area contributed by atoms with Crippen LogP contribution >= 0.6 is 11.3 Å². The molecular weight excluding hydrogens is 608 g/mol. The smallest absolute Gasteiger partial charge is 0.410 e. The van der Waals surface area contributed by atoms with Crippen LogP contribution in [0.25, 0.3) is 0 Å². The van der Waals surface area contributed by atoms with Crippen molar-refractivity contribution in [3.63, 3.8) is 0 Å². The molecule has 0 radical (unpaired) electrons. The van der Waals surface area contributed by atoms with Gasteiger partial charge >= 0.3 is 12.2 Å². The van der Waals surface area contributed by atoms with Gasteiger partial charge in [0.25, 0.3) is 5.91 Å². The van der Waals surface area contributed by atoms with E-state index in [0.717, 1.165) is 31.5 Å². The largest absolute Gasteiger partial charge is 0.465 e. The summed E-state index contributed by atoms with van der Waals surface area (Å²) >= 11 is 1.42. The van der Waals surface area contributed by atoms with Crippen LogP contribution in [-0.2, 0) is 24.1 Å². The van der Waals surface area contributed by atoms with Gasteiger partial charge in [-0.1, -0.05) is 24.3 Å². The number of carboxylic acid groups (broad SMARTS) is 2. The summed E-state index contributed by atoms with van der Waals surface area (Å²) in [5, 5.41) is 29.3. The zero-order valence-electron chi connectivity index (χ0n) is 27.6. The van der Waals surface area contributed by atoms with Crippen LogP contribution in [0.2, 0.25) is 0 Å². The van der Waals surface area contributed by atoms with Crippen molar-refractivity contribution in [3.8, 4) is 0 Å². The summed E-state index contributed by atoms with van der Waals surface area (Å²) in [4.78, 5) is 56.3. The molecule has 5 N–H and O–H groups in total. The fourth-order valence-corrected chi connectivity index (χ4v) is 6.05. The van der Waals surface area contributed by atoms with E-state index in [1.165, 1.54) is 18.3 Å². The molecule has 0 atom stereocenters. The highest BCUT2D eigenvalue weighted by Gasteiger charge is 2.43. The van der Waals surface area contributed by atoms with Crippen LogP contribution in [0, 0.1) is 0 Å². The van der Waals surface area contributed by atoms with Crippen LogP contribution in [0.3, 0.4) is 0 Å². The second-order valence-corrected chi connectivity index (χ2v) is 14.0. The molecule has 0 saturated heterocycles. The molecule has 0 spiro atoms. The van der Waals surface area contributed by atoms with E-state index < -0.39 is 29.6 Å². The normalized spacial score (nSPS) is 11.6. The summed E-state index contributed by atoms with van der Waals surface area (Å²) < 4.78 is 0. The van der Waals surface area contributed by atoms with E-state index in [1.807, 2.05) is 24.3 Å². The Labute approximate surface area is 273 Å². The van der Waals surface area contributed by atoms with Gasteiger partial charge in [0.15, 0.2) is 11.4 Å². The number of anilines is 2. The summed E-state index contributed by atoms with van der Waals surface area (Å²) in [7, 11) is 1.59. The summed E-state index contributed by atoms with van der Waals surface area (Å²) in [6, 6.07) is 14.8. The van der Waals surface area contributed by atoms with Gasteiger partial charge < -0.3 is 26.2 Å². The van der Waals surface area contributed by atoms with Crippen molar-refractivity contribution >= 4 is 46.2 Å². The summed E-state index contributed by atoms with van der Waals surface area (Å²) in [5.74, 6) is -0.361. The van der Waals surface area contributed by atoms with Gasteiger partial charge in [-0.05, 0) is 89.8 Å². The number of carbonyl (C=O) groups is 4. The van der Waals surface area contributed by atoms with Gasteiger partial charge in [-0.2, -0.15) is 0 Å². The predicted octanol–water partition coefficient (Wildman–Crippen LogP) is 6.09. The molecule has 0 fully saturated rings. The number of rotatable bonds is 11. The first-order chi connectivity index (χ1) is 21.4. The van der Waals surface area contributed by atoms with E-state index in [9.17, 15) is 29.4 Å². The summed E-state index contributed by atoms with van der Waals surface area (Å²) in [6.07, 6.45) is -1.87. The van der Waals surface area contributed by atoms with E-state index in [-0.39, 0.29) is 11.8 Å². The van der Waals surface area contributed by atoms with Crippen LogP contribution in [0.1, 0.15) is 80.5 Å². The van der Waals surface area contributed by atoms with Gasteiger partial charge in [0.05, 0.1) is 5.69 Å².